The first kappa shape index (κ1) is 15.1. The Kier molecular flexibility index (Phi) is 4.76. The van der Waals surface area contributed by atoms with Crippen LogP contribution in [0.5, 0.6) is 0 Å². The van der Waals surface area contributed by atoms with Gasteiger partial charge in [-0.25, -0.2) is 0 Å². The van der Waals surface area contributed by atoms with Crippen LogP contribution in [0.25, 0.3) is 0 Å². The van der Waals surface area contributed by atoms with Gasteiger partial charge in [0.25, 0.3) is 0 Å². The summed E-state index contributed by atoms with van der Waals surface area (Å²) in [6.45, 7) is 4.32. The van der Waals surface area contributed by atoms with Crippen molar-refractivity contribution >= 4 is 5.69 Å². The molecule has 1 aromatic rings. The van der Waals surface area contributed by atoms with Gasteiger partial charge in [0.2, 0.25) is 0 Å². The van der Waals surface area contributed by atoms with Crippen LogP contribution in [0.2, 0.25) is 0 Å². The Hall–Kier alpha value is -1.84. The van der Waals surface area contributed by atoms with E-state index in [0.717, 1.165) is 24.4 Å². The lowest BCUT2D eigenvalue weighted by Crippen LogP contribution is -2.28. The molecule has 3 rings (SSSR count). The maximum Gasteiger partial charge on any atom is 0.0525 e. The first-order valence-electron chi connectivity index (χ1n) is 8.12. The summed E-state index contributed by atoms with van der Waals surface area (Å²) in [5.74, 6) is 0.656. The average Bonchev–Trinajstić information content (AvgIpc) is 2.57. The van der Waals surface area contributed by atoms with E-state index in [0.29, 0.717) is 5.92 Å². The molecule has 2 unspecified atom stereocenters. The van der Waals surface area contributed by atoms with Gasteiger partial charge in [0.05, 0.1) is 6.04 Å². The third kappa shape index (κ3) is 3.49. The molecule has 0 radical (unpaired) electrons. The molecule has 0 aromatic heterocycles. The minimum Gasteiger partial charge on any atom is -0.361 e. The first-order valence-corrected chi connectivity index (χ1v) is 8.12. The van der Waals surface area contributed by atoms with E-state index in [1.54, 1.807) is 0 Å². The van der Waals surface area contributed by atoms with Gasteiger partial charge in [-0.3, -0.25) is 0 Å². The minimum atomic E-state index is -0.00918. The zero-order valence-corrected chi connectivity index (χ0v) is 13.2. The second kappa shape index (κ2) is 6.95. The van der Waals surface area contributed by atoms with Gasteiger partial charge in [-0.15, -0.1) is 0 Å². The molecule has 22 heavy (non-hydrogen) atoms. The van der Waals surface area contributed by atoms with Crippen LogP contribution in [0, 0.1) is 0 Å². The van der Waals surface area contributed by atoms with Crippen LogP contribution in [-0.4, -0.2) is 19.1 Å². The summed E-state index contributed by atoms with van der Waals surface area (Å²) in [4.78, 5) is 0. The fourth-order valence-corrected chi connectivity index (χ4v) is 3.07. The molecule has 1 saturated heterocycles. The molecule has 1 aliphatic carbocycles. The van der Waals surface area contributed by atoms with Crippen LogP contribution in [0.15, 0.2) is 59.8 Å². The Labute approximate surface area is 133 Å². The SMILES string of the molecule is CC1=CC=C/C(=C/Nc2ccc(C3CCCNC3)cc2)C1N. The Bertz CT molecular complexity index is 590. The predicted octanol–water partition coefficient (Wildman–Crippen LogP) is 3.29. The summed E-state index contributed by atoms with van der Waals surface area (Å²) >= 11 is 0. The number of nitrogens with one attached hydrogen (secondary N) is 2. The average molecular weight is 295 g/mol. The van der Waals surface area contributed by atoms with Gasteiger partial charge in [0.1, 0.15) is 0 Å². The Morgan fingerprint density at radius 1 is 1.27 bits per heavy atom. The van der Waals surface area contributed by atoms with Crippen LogP contribution in [-0.2, 0) is 0 Å². The molecule has 0 saturated carbocycles. The first-order chi connectivity index (χ1) is 10.7. The number of allylic oxidation sites excluding steroid dienone is 2. The molecule has 2 atom stereocenters. The van der Waals surface area contributed by atoms with E-state index in [2.05, 4.69) is 54.0 Å². The van der Waals surface area contributed by atoms with Gasteiger partial charge in [0, 0.05) is 18.4 Å². The van der Waals surface area contributed by atoms with E-state index in [4.69, 9.17) is 5.73 Å². The Morgan fingerprint density at radius 3 is 2.82 bits per heavy atom. The van der Waals surface area contributed by atoms with Crippen molar-refractivity contribution in [1.82, 2.24) is 5.32 Å². The number of rotatable bonds is 3. The highest BCUT2D eigenvalue weighted by molar-refractivity contribution is 5.50. The molecule has 0 bridgehead atoms. The highest BCUT2D eigenvalue weighted by atomic mass is 14.9. The fraction of sp³-hybridized carbons (Fsp3) is 0.368. The third-order valence-electron chi connectivity index (χ3n) is 4.58. The molecule has 3 heteroatoms. The van der Waals surface area contributed by atoms with Crippen molar-refractivity contribution in [2.75, 3.05) is 18.4 Å². The standard InChI is InChI=1S/C19H25N3/c1-14-4-2-5-17(19(14)20)13-22-18-9-7-15(8-10-18)16-6-3-11-21-12-16/h2,4-5,7-10,13,16,19,21-22H,3,6,11-12,20H2,1H3/b17-13-. The van der Waals surface area contributed by atoms with Crippen LogP contribution in [0.4, 0.5) is 5.69 Å². The molecule has 3 nitrogen and oxygen atoms in total. The maximum atomic E-state index is 6.17. The number of hydrogen-bond acceptors (Lipinski definition) is 3. The van der Waals surface area contributed by atoms with Crippen LogP contribution in [0.3, 0.4) is 0 Å². The van der Waals surface area contributed by atoms with Crippen LogP contribution >= 0.6 is 0 Å². The third-order valence-corrected chi connectivity index (χ3v) is 4.58. The highest BCUT2D eigenvalue weighted by Gasteiger charge is 2.14. The molecule has 1 aromatic carbocycles. The van der Waals surface area contributed by atoms with Crippen molar-refractivity contribution < 1.29 is 0 Å². The highest BCUT2D eigenvalue weighted by Crippen LogP contribution is 2.24. The molecule has 116 valence electrons. The zero-order chi connectivity index (χ0) is 15.4. The van der Waals surface area contributed by atoms with E-state index in [1.807, 2.05) is 12.3 Å². The molecule has 1 fully saturated rings. The van der Waals surface area contributed by atoms with Crippen molar-refractivity contribution in [3.05, 3.63) is 65.4 Å². The summed E-state index contributed by atoms with van der Waals surface area (Å²) in [6.07, 6.45) is 10.7. The summed E-state index contributed by atoms with van der Waals surface area (Å²) in [5, 5.41) is 6.83. The lowest BCUT2D eigenvalue weighted by Gasteiger charge is -2.23. The smallest absolute Gasteiger partial charge is 0.0525 e. The largest absolute Gasteiger partial charge is 0.361 e. The van der Waals surface area contributed by atoms with Crippen molar-refractivity contribution in [3.63, 3.8) is 0 Å². The summed E-state index contributed by atoms with van der Waals surface area (Å²) in [5.41, 5.74) is 11.0. The molecule has 0 amide bonds. The van der Waals surface area contributed by atoms with Crippen molar-refractivity contribution in [2.45, 2.75) is 31.7 Å². The van der Waals surface area contributed by atoms with Crippen molar-refractivity contribution in [1.29, 1.82) is 0 Å². The summed E-state index contributed by atoms with van der Waals surface area (Å²) in [7, 11) is 0. The Morgan fingerprint density at radius 2 is 2.09 bits per heavy atom. The second-order valence-electron chi connectivity index (χ2n) is 6.20. The number of anilines is 1. The molecule has 0 spiro atoms. The van der Waals surface area contributed by atoms with Crippen molar-refractivity contribution in [2.24, 2.45) is 5.73 Å². The normalized spacial score (nSPS) is 26.8. The van der Waals surface area contributed by atoms with Gasteiger partial charge in [-0.1, -0.05) is 35.9 Å². The summed E-state index contributed by atoms with van der Waals surface area (Å²) in [6, 6.07) is 8.77. The van der Waals surface area contributed by atoms with E-state index in [1.165, 1.54) is 24.0 Å². The maximum absolute atomic E-state index is 6.17. The van der Waals surface area contributed by atoms with Gasteiger partial charge < -0.3 is 16.4 Å². The number of hydrogen-bond donors (Lipinski definition) is 3. The van der Waals surface area contributed by atoms with Gasteiger partial charge in [-0.05, 0) is 55.5 Å². The molecule has 2 aliphatic rings. The minimum absolute atomic E-state index is 0.00918. The van der Waals surface area contributed by atoms with Crippen LogP contribution < -0.4 is 16.4 Å². The van der Waals surface area contributed by atoms with Gasteiger partial charge in [-0.2, -0.15) is 0 Å². The molecule has 1 heterocycles. The van der Waals surface area contributed by atoms with Crippen LogP contribution in [0.1, 0.15) is 31.2 Å². The van der Waals surface area contributed by atoms with Crippen molar-refractivity contribution in [3.8, 4) is 0 Å². The van der Waals surface area contributed by atoms with Gasteiger partial charge in [0.15, 0.2) is 0 Å². The summed E-state index contributed by atoms with van der Waals surface area (Å²) < 4.78 is 0. The molecular formula is C19H25N3. The predicted molar refractivity (Wildman–Crippen MR) is 93.9 cm³/mol. The van der Waals surface area contributed by atoms with E-state index >= 15 is 0 Å². The number of benzene rings is 1. The Balaban J connectivity index is 1.64. The van der Waals surface area contributed by atoms with E-state index < -0.39 is 0 Å². The lowest BCUT2D eigenvalue weighted by molar-refractivity contribution is 0.461. The molecule has 1 aliphatic heterocycles. The lowest BCUT2D eigenvalue weighted by atomic mass is 9.91. The molecular weight excluding hydrogens is 270 g/mol. The quantitative estimate of drug-likeness (QED) is 0.802. The van der Waals surface area contributed by atoms with Gasteiger partial charge >= 0.3 is 0 Å². The second-order valence-corrected chi connectivity index (χ2v) is 6.20. The molecule has 4 N–H and O–H groups in total. The fourth-order valence-electron chi connectivity index (χ4n) is 3.07. The number of nitrogens with two attached hydrogens (primary N) is 1. The topological polar surface area (TPSA) is 50.1 Å². The number of piperidine rings is 1. The van der Waals surface area contributed by atoms with E-state index in [9.17, 15) is 0 Å². The van der Waals surface area contributed by atoms with E-state index in [-0.39, 0.29) is 6.04 Å². The zero-order valence-electron chi connectivity index (χ0n) is 13.2. The monoisotopic (exact) mass is 295 g/mol.